The lowest BCUT2D eigenvalue weighted by atomic mass is 10.3. The smallest absolute Gasteiger partial charge is 0.218 e. The average Bonchev–Trinajstić information content (AvgIpc) is 2.63. The average molecular weight is 382 g/mol. The van der Waals surface area contributed by atoms with Crippen molar-refractivity contribution in [1.82, 2.24) is 0 Å². The van der Waals surface area contributed by atoms with Crippen molar-refractivity contribution in [2.75, 3.05) is 0 Å². The van der Waals surface area contributed by atoms with E-state index >= 15 is 0 Å². The minimum Gasteiger partial charge on any atom is -0.218 e. The molecule has 0 spiro atoms. The summed E-state index contributed by atoms with van der Waals surface area (Å²) in [5, 5.41) is 0. The fraction of sp³-hybridized carbons (Fsp3) is 0. The highest BCUT2D eigenvalue weighted by Crippen LogP contribution is 2.43. The van der Waals surface area contributed by atoms with E-state index in [2.05, 4.69) is 20.0 Å². The van der Waals surface area contributed by atoms with Crippen LogP contribution < -0.4 is 0 Å². The topological polar surface area (TPSA) is 152 Å². The van der Waals surface area contributed by atoms with E-state index < -0.39 is 19.6 Å². The number of benzene rings is 2. The molecule has 2 aromatic rings. The molecular weight excluding hydrogens is 376 g/mol. The molecule has 0 bridgehead atoms. The van der Waals surface area contributed by atoms with Gasteiger partial charge in [0.05, 0.1) is 22.7 Å². The van der Waals surface area contributed by atoms with E-state index in [1.54, 1.807) is 0 Å². The molecule has 0 aliphatic heterocycles. The molecule has 0 radical (unpaired) electrons. The Labute approximate surface area is 151 Å². The molecule has 132 valence electrons. The second-order valence-corrected chi connectivity index (χ2v) is 6.39. The van der Waals surface area contributed by atoms with Gasteiger partial charge in [0.1, 0.15) is 9.79 Å². The summed E-state index contributed by atoms with van der Waals surface area (Å²) in [7, 11) is -4.64. The van der Waals surface area contributed by atoms with Crippen molar-refractivity contribution in [3.63, 3.8) is 0 Å². The Hall–Kier alpha value is -4.09. The van der Waals surface area contributed by atoms with Crippen molar-refractivity contribution in [1.29, 1.82) is 0 Å². The number of aliphatic imine (C=N–C) groups is 4. The first-order valence-electron chi connectivity index (χ1n) is 6.83. The molecule has 27 heavy (non-hydrogen) atoms. The molecule has 0 aliphatic rings. The first-order chi connectivity index (χ1) is 13.0. The predicted octanol–water partition coefficient (Wildman–Crippen LogP) is 2.39. The molecule has 0 N–H and O–H groups in total. The zero-order valence-corrected chi connectivity index (χ0v) is 13.9. The SMILES string of the molecule is O=C=Nc1cccc(N=C=O)c1S(=O)(=O)c1c(N=C=O)cccc1N=C=O. The first-order valence-corrected chi connectivity index (χ1v) is 8.32. The van der Waals surface area contributed by atoms with Crippen molar-refractivity contribution in [2.24, 2.45) is 20.0 Å². The van der Waals surface area contributed by atoms with Gasteiger partial charge in [0.25, 0.3) is 0 Å². The van der Waals surface area contributed by atoms with Gasteiger partial charge >= 0.3 is 0 Å². The first kappa shape index (κ1) is 19.2. The van der Waals surface area contributed by atoms with Gasteiger partial charge < -0.3 is 0 Å². The van der Waals surface area contributed by atoms with Crippen LogP contribution in [0.5, 0.6) is 0 Å². The van der Waals surface area contributed by atoms with Crippen LogP contribution in [0.15, 0.2) is 66.2 Å². The maximum Gasteiger partial charge on any atom is 0.240 e. The van der Waals surface area contributed by atoms with E-state index in [4.69, 9.17) is 0 Å². The lowest BCUT2D eigenvalue weighted by Gasteiger charge is -2.12. The summed E-state index contributed by atoms with van der Waals surface area (Å²) in [6.45, 7) is 0. The molecule has 0 fully saturated rings. The fourth-order valence-corrected chi connectivity index (χ4v) is 3.99. The molecule has 0 unspecified atom stereocenters. The Morgan fingerprint density at radius 3 is 1.04 bits per heavy atom. The summed E-state index contributed by atoms with van der Waals surface area (Å²) < 4.78 is 26.5. The van der Waals surface area contributed by atoms with Gasteiger partial charge in [-0.1, -0.05) is 12.1 Å². The van der Waals surface area contributed by atoms with E-state index in [9.17, 15) is 27.6 Å². The number of rotatable bonds is 6. The van der Waals surface area contributed by atoms with E-state index in [1.165, 1.54) is 36.5 Å². The second-order valence-electron chi connectivity index (χ2n) is 4.57. The maximum absolute atomic E-state index is 13.3. The monoisotopic (exact) mass is 382 g/mol. The molecule has 11 heteroatoms. The van der Waals surface area contributed by atoms with Gasteiger partial charge in [-0.2, -0.15) is 20.0 Å². The number of nitrogens with zero attached hydrogens (tertiary/aromatic N) is 4. The summed E-state index contributed by atoms with van der Waals surface area (Å²) in [6.07, 6.45) is 4.78. The van der Waals surface area contributed by atoms with Crippen LogP contribution in [0.2, 0.25) is 0 Å². The van der Waals surface area contributed by atoms with Crippen molar-refractivity contribution in [2.45, 2.75) is 9.79 Å². The molecule has 10 nitrogen and oxygen atoms in total. The summed E-state index contributed by atoms with van der Waals surface area (Å²) in [5.41, 5.74) is -1.53. The van der Waals surface area contributed by atoms with Crippen LogP contribution in [-0.4, -0.2) is 32.7 Å². The lowest BCUT2D eigenvalue weighted by molar-refractivity contribution is 0.564. The van der Waals surface area contributed by atoms with Gasteiger partial charge in [-0.05, 0) is 24.3 Å². The molecule has 2 aromatic carbocycles. The maximum atomic E-state index is 13.3. The molecule has 0 aromatic heterocycles. The number of sulfone groups is 1. The summed E-state index contributed by atoms with van der Waals surface area (Å²) >= 11 is 0. The molecule has 0 aliphatic carbocycles. The molecular formula is C16H6N4O6S. The molecule has 0 amide bonds. The highest BCUT2D eigenvalue weighted by atomic mass is 32.2. The normalized spacial score (nSPS) is 9.78. The number of hydrogen-bond acceptors (Lipinski definition) is 10. The summed E-state index contributed by atoms with van der Waals surface area (Å²) in [6, 6.07) is 7.24. The van der Waals surface area contributed by atoms with Crippen LogP contribution in [0.1, 0.15) is 0 Å². The van der Waals surface area contributed by atoms with Crippen molar-refractivity contribution in [3.05, 3.63) is 36.4 Å². The molecule has 0 saturated heterocycles. The molecule has 0 atom stereocenters. The van der Waals surface area contributed by atoms with Gasteiger partial charge in [0.15, 0.2) is 0 Å². The molecule has 0 saturated carbocycles. The van der Waals surface area contributed by atoms with Crippen LogP contribution >= 0.6 is 0 Å². The third-order valence-electron chi connectivity index (χ3n) is 3.15. The quantitative estimate of drug-likeness (QED) is 0.552. The van der Waals surface area contributed by atoms with Gasteiger partial charge in [0, 0.05) is 0 Å². The fourth-order valence-electron chi connectivity index (χ4n) is 2.23. The van der Waals surface area contributed by atoms with Crippen LogP contribution in [0.25, 0.3) is 0 Å². The minimum atomic E-state index is -4.64. The van der Waals surface area contributed by atoms with Gasteiger partial charge in [-0.3, -0.25) is 0 Å². The minimum absolute atomic E-state index is 0.382. The number of hydrogen-bond donors (Lipinski definition) is 0. The zero-order chi connectivity index (χ0) is 19.9. The van der Waals surface area contributed by atoms with Crippen LogP contribution in [0, 0.1) is 0 Å². The lowest BCUT2D eigenvalue weighted by Crippen LogP contribution is -2.04. The highest BCUT2D eigenvalue weighted by Gasteiger charge is 2.31. The Bertz CT molecular complexity index is 1050. The Balaban J connectivity index is 3.06. The molecule has 0 heterocycles. The van der Waals surface area contributed by atoms with Crippen molar-refractivity contribution >= 4 is 56.9 Å². The van der Waals surface area contributed by atoms with Crippen LogP contribution in [0.3, 0.4) is 0 Å². The second kappa shape index (κ2) is 8.33. The highest BCUT2D eigenvalue weighted by molar-refractivity contribution is 7.92. The number of isocyanates is 4. The van der Waals surface area contributed by atoms with E-state index in [0.29, 0.717) is 0 Å². The Kier molecular flexibility index (Phi) is 5.94. The van der Waals surface area contributed by atoms with Gasteiger partial charge in [-0.25, -0.2) is 27.6 Å². The van der Waals surface area contributed by atoms with Crippen molar-refractivity contribution in [3.8, 4) is 0 Å². The predicted molar refractivity (Wildman–Crippen MR) is 89.5 cm³/mol. The van der Waals surface area contributed by atoms with Crippen LogP contribution in [-0.2, 0) is 29.0 Å². The zero-order valence-electron chi connectivity index (χ0n) is 13.1. The largest absolute Gasteiger partial charge is 0.240 e. The Morgan fingerprint density at radius 2 is 0.815 bits per heavy atom. The van der Waals surface area contributed by atoms with Gasteiger partial charge in [0.2, 0.25) is 34.2 Å². The standard InChI is InChI=1S/C16H6N4O6S/c21-7-17-11-3-1-4-12(18-8-22)15(11)27(25,26)16-13(19-9-23)5-2-6-14(16)20-10-24/h1-6H. The van der Waals surface area contributed by atoms with Crippen LogP contribution in [0.4, 0.5) is 22.7 Å². The number of carbonyl (C=O) groups excluding carboxylic acids is 4. The van der Waals surface area contributed by atoms with E-state index in [1.807, 2.05) is 0 Å². The third kappa shape index (κ3) is 3.78. The third-order valence-corrected chi connectivity index (χ3v) is 5.06. The van der Waals surface area contributed by atoms with Crippen molar-refractivity contribution < 1.29 is 27.6 Å². The van der Waals surface area contributed by atoms with E-state index in [-0.39, 0.29) is 22.7 Å². The van der Waals surface area contributed by atoms with Gasteiger partial charge in [-0.15, -0.1) is 0 Å². The van der Waals surface area contributed by atoms with E-state index in [0.717, 1.165) is 24.3 Å². The Morgan fingerprint density at radius 1 is 0.556 bits per heavy atom. The molecule has 2 rings (SSSR count). The summed E-state index contributed by atoms with van der Waals surface area (Å²) in [4.78, 5) is 54.5. The summed E-state index contributed by atoms with van der Waals surface area (Å²) in [5.74, 6) is 0.